The largest absolute Gasteiger partial charge is 0.394 e. The van der Waals surface area contributed by atoms with Crippen LogP contribution in [0, 0.1) is 0 Å². The van der Waals surface area contributed by atoms with Crippen LogP contribution >= 0.6 is 0 Å². The third kappa shape index (κ3) is 6.28. The zero-order chi connectivity index (χ0) is 25.5. The first kappa shape index (κ1) is 25.4. The minimum Gasteiger partial charge on any atom is -0.394 e. The van der Waals surface area contributed by atoms with E-state index in [4.69, 9.17) is 0 Å². The highest BCUT2D eigenvalue weighted by Crippen LogP contribution is 2.20. The molecule has 2 fully saturated rings. The Morgan fingerprint density at radius 3 is 2.06 bits per heavy atom. The van der Waals surface area contributed by atoms with E-state index >= 15 is 0 Å². The lowest BCUT2D eigenvalue weighted by molar-refractivity contribution is -0.142. The van der Waals surface area contributed by atoms with Crippen molar-refractivity contribution in [1.82, 2.24) is 20.9 Å². The molecule has 0 bridgehead atoms. The van der Waals surface area contributed by atoms with Crippen LogP contribution in [0.5, 0.6) is 0 Å². The molecule has 0 radical (unpaired) electrons. The number of rotatable bonds is 5. The van der Waals surface area contributed by atoms with Gasteiger partial charge in [-0.25, -0.2) is 0 Å². The third-order valence-electron chi connectivity index (χ3n) is 6.67. The Balaban J connectivity index is 1.64. The van der Waals surface area contributed by atoms with Crippen LogP contribution < -0.4 is 16.0 Å². The van der Waals surface area contributed by atoms with Gasteiger partial charge in [-0.1, -0.05) is 60.7 Å². The van der Waals surface area contributed by atoms with E-state index in [2.05, 4.69) is 16.0 Å². The van der Waals surface area contributed by atoms with E-state index in [1.54, 1.807) is 0 Å². The fourth-order valence-electron chi connectivity index (χ4n) is 4.87. The van der Waals surface area contributed by atoms with Gasteiger partial charge in [0.25, 0.3) is 0 Å². The van der Waals surface area contributed by atoms with Gasteiger partial charge < -0.3 is 26.0 Å². The highest BCUT2D eigenvalue weighted by molar-refractivity contribution is 5.95. The summed E-state index contributed by atoms with van der Waals surface area (Å²) in [6.45, 7) is -0.218. The van der Waals surface area contributed by atoms with E-state index in [-0.39, 0.29) is 24.7 Å². The second-order valence-electron chi connectivity index (χ2n) is 9.34. The second kappa shape index (κ2) is 11.8. The van der Waals surface area contributed by atoms with Crippen molar-refractivity contribution in [2.24, 2.45) is 0 Å². The van der Waals surface area contributed by atoms with E-state index in [1.807, 2.05) is 60.7 Å². The number of fused-ring (bicyclic) bond motifs is 1. The summed E-state index contributed by atoms with van der Waals surface area (Å²) in [7, 11) is 0. The molecule has 0 unspecified atom stereocenters. The minimum atomic E-state index is -1.18. The molecular weight excluding hydrogens is 460 g/mol. The molecular formula is C27H32N4O5. The summed E-state index contributed by atoms with van der Waals surface area (Å²) < 4.78 is 0. The average molecular weight is 493 g/mol. The van der Waals surface area contributed by atoms with Crippen LogP contribution in [0.3, 0.4) is 0 Å². The summed E-state index contributed by atoms with van der Waals surface area (Å²) in [5.41, 5.74) is 1.80. The van der Waals surface area contributed by atoms with Crippen LogP contribution in [0.25, 0.3) is 0 Å². The molecule has 190 valence electrons. The van der Waals surface area contributed by atoms with E-state index in [9.17, 15) is 24.3 Å². The van der Waals surface area contributed by atoms with Gasteiger partial charge >= 0.3 is 0 Å². The number of hydrogen-bond acceptors (Lipinski definition) is 5. The molecule has 0 aromatic heterocycles. The zero-order valence-corrected chi connectivity index (χ0v) is 20.1. The van der Waals surface area contributed by atoms with Gasteiger partial charge in [-0.05, 0) is 30.4 Å². The summed E-state index contributed by atoms with van der Waals surface area (Å²) in [5.74, 6) is -1.77. The maximum atomic E-state index is 13.6. The molecule has 2 heterocycles. The number of aliphatic hydroxyl groups is 1. The van der Waals surface area contributed by atoms with Crippen molar-refractivity contribution in [3.05, 3.63) is 71.8 Å². The molecule has 36 heavy (non-hydrogen) atoms. The molecule has 2 aromatic carbocycles. The average Bonchev–Trinajstić information content (AvgIpc) is 3.37. The van der Waals surface area contributed by atoms with E-state index < -0.39 is 42.6 Å². The van der Waals surface area contributed by atoms with Crippen LogP contribution in [0.15, 0.2) is 60.7 Å². The monoisotopic (exact) mass is 492 g/mol. The number of carbonyl (C=O) groups excluding carboxylic acids is 4. The lowest BCUT2D eigenvalue weighted by Gasteiger charge is -2.29. The van der Waals surface area contributed by atoms with Gasteiger partial charge in [0, 0.05) is 25.4 Å². The zero-order valence-electron chi connectivity index (χ0n) is 20.1. The number of hydrogen-bond donors (Lipinski definition) is 4. The number of nitrogens with zero attached hydrogens (tertiary/aromatic N) is 1. The summed E-state index contributed by atoms with van der Waals surface area (Å²) in [6, 6.07) is 15.4. The van der Waals surface area contributed by atoms with Crippen molar-refractivity contribution >= 4 is 23.6 Å². The standard InChI is InChI=1S/C27H32N4O5/c32-17-22-25(34)28-20(14-18-8-3-1-4-9-18)16-24(33)29-21(15-19-10-5-2-6-11-19)27(36)31-13-7-12-23(31)26(35)30-22/h1-6,8-11,20-23,32H,7,12-17H2,(H,28,34)(H,29,33)(H,30,35)/t20-,21-,22-,23+/m0/s1. The second-order valence-corrected chi connectivity index (χ2v) is 9.34. The van der Waals surface area contributed by atoms with Crippen LogP contribution in [-0.4, -0.2) is 71.0 Å². The Morgan fingerprint density at radius 2 is 1.42 bits per heavy atom. The molecule has 2 saturated heterocycles. The summed E-state index contributed by atoms with van der Waals surface area (Å²) >= 11 is 0. The summed E-state index contributed by atoms with van der Waals surface area (Å²) in [6.07, 6.45) is 1.67. The Hall–Kier alpha value is -3.72. The first-order valence-corrected chi connectivity index (χ1v) is 12.3. The fraction of sp³-hybridized carbons (Fsp3) is 0.407. The first-order chi connectivity index (χ1) is 17.4. The molecule has 2 aromatic rings. The molecule has 0 saturated carbocycles. The molecule has 4 amide bonds. The molecule has 4 atom stereocenters. The molecule has 9 nitrogen and oxygen atoms in total. The van der Waals surface area contributed by atoms with Crippen molar-refractivity contribution in [2.75, 3.05) is 13.2 Å². The van der Waals surface area contributed by atoms with Crippen LogP contribution in [0.4, 0.5) is 0 Å². The number of aliphatic hydroxyl groups excluding tert-OH is 1. The smallest absolute Gasteiger partial charge is 0.246 e. The minimum absolute atomic E-state index is 0.0608. The lowest BCUT2D eigenvalue weighted by atomic mass is 10.0. The van der Waals surface area contributed by atoms with Gasteiger partial charge in [-0.2, -0.15) is 0 Å². The normalized spacial score (nSPS) is 25.5. The Labute approximate surface area is 210 Å². The molecule has 2 aliphatic rings. The molecule has 0 aliphatic carbocycles. The quantitative estimate of drug-likeness (QED) is 0.478. The van der Waals surface area contributed by atoms with E-state index in [0.717, 1.165) is 11.1 Å². The highest BCUT2D eigenvalue weighted by atomic mass is 16.3. The van der Waals surface area contributed by atoms with Crippen LogP contribution in [0.1, 0.15) is 30.4 Å². The van der Waals surface area contributed by atoms with Crippen LogP contribution in [-0.2, 0) is 32.0 Å². The number of nitrogens with one attached hydrogen (secondary N) is 3. The third-order valence-corrected chi connectivity index (χ3v) is 6.67. The number of benzene rings is 2. The van der Waals surface area contributed by atoms with Crippen molar-refractivity contribution in [3.63, 3.8) is 0 Å². The van der Waals surface area contributed by atoms with Crippen LogP contribution in [0.2, 0.25) is 0 Å². The fourth-order valence-corrected chi connectivity index (χ4v) is 4.87. The van der Waals surface area contributed by atoms with Crippen molar-refractivity contribution < 1.29 is 24.3 Å². The lowest BCUT2D eigenvalue weighted by Crippen LogP contribution is -2.57. The van der Waals surface area contributed by atoms with E-state index in [1.165, 1.54) is 4.90 Å². The number of amides is 4. The van der Waals surface area contributed by atoms with Gasteiger partial charge in [0.05, 0.1) is 6.61 Å². The molecule has 4 N–H and O–H groups in total. The van der Waals surface area contributed by atoms with Crippen molar-refractivity contribution in [2.45, 2.75) is 56.3 Å². The Kier molecular flexibility index (Phi) is 8.32. The Morgan fingerprint density at radius 1 is 0.778 bits per heavy atom. The summed E-state index contributed by atoms with van der Waals surface area (Å²) in [5, 5.41) is 18.1. The topological polar surface area (TPSA) is 128 Å². The van der Waals surface area contributed by atoms with Gasteiger partial charge in [-0.15, -0.1) is 0 Å². The van der Waals surface area contributed by atoms with Crippen molar-refractivity contribution in [1.29, 1.82) is 0 Å². The molecule has 0 spiro atoms. The first-order valence-electron chi connectivity index (χ1n) is 12.3. The predicted molar refractivity (Wildman–Crippen MR) is 133 cm³/mol. The van der Waals surface area contributed by atoms with Gasteiger partial charge in [0.1, 0.15) is 18.1 Å². The SMILES string of the molecule is O=C1C[C@H](Cc2ccccc2)NC(=O)[C@H](CO)NC(=O)[C@H]2CCCN2C(=O)[C@H](Cc2ccccc2)N1. The molecule has 9 heteroatoms. The van der Waals surface area contributed by atoms with Crippen molar-refractivity contribution in [3.8, 4) is 0 Å². The molecule has 4 rings (SSSR count). The van der Waals surface area contributed by atoms with E-state index in [0.29, 0.717) is 25.8 Å². The summed E-state index contributed by atoms with van der Waals surface area (Å²) in [4.78, 5) is 54.3. The van der Waals surface area contributed by atoms with Gasteiger partial charge in [-0.3, -0.25) is 19.2 Å². The number of carbonyl (C=O) groups is 4. The maximum absolute atomic E-state index is 13.6. The highest BCUT2D eigenvalue weighted by Gasteiger charge is 2.39. The maximum Gasteiger partial charge on any atom is 0.246 e. The van der Waals surface area contributed by atoms with Gasteiger partial charge in [0.15, 0.2) is 0 Å². The molecule has 2 aliphatic heterocycles. The van der Waals surface area contributed by atoms with Gasteiger partial charge in [0.2, 0.25) is 23.6 Å². The predicted octanol–water partition coefficient (Wildman–Crippen LogP) is 0.313. The Bertz CT molecular complexity index is 1080.